The molecule has 4 aliphatic carbocycles. The Kier molecular flexibility index (Phi) is 22.8. The molecule has 4 aliphatic rings. The number of methoxy groups -OCH3 is 4. The Labute approximate surface area is 656 Å². The summed E-state index contributed by atoms with van der Waals surface area (Å²) in [5.41, 5.74) is 22.7. The first-order valence-corrected chi connectivity index (χ1v) is 47.9. The van der Waals surface area contributed by atoms with Crippen molar-refractivity contribution in [1.82, 2.24) is 0 Å². The molecule has 2 radical (unpaired) electrons. The van der Waals surface area contributed by atoms with Gasteiger partial charge in [0, 0.05) is 17.6 Å². The van der Waals surface area contributed by atoms with Crippen molar-refractivity contribution < 1.29 is 39.8 Å². The average molecular weight is 1550 g/mol. The third-order valence-corrected chi connectivity index (χ3v) is 27.7. The van der Waals surface area contributed by atoms with E-state index in [0.717, 1.165) is 23.0 Å². The fourth-order valence-corrected chi connectivity index (χ4v) is 23.3. The maximum atomic E-state index is 5.51. The van der Waals surface area contributed by atoms with E-state index < -0.39 is 38.4 Å². The van der Waals surface area contributed by atoms with Crippen LogP contribution in [0.2, 0.25) is 13.1 Å². The molecule has 0 amide bonds. The Morgan fingerprint density at radius 1 is 0.290 bits per heavy atom. The van der Waals surface area contributed by atoms with Crippen LogP contribution in [0.1, 0.15) is 192 Å². The molecule has 0 aromatic heterocycles. The molecule has 0 saturated carbocycles. The first-order chi connectivity index (χ1) is 51.9. The van der Waals surface area contributed by atoms with Gasteiger partial charge in [-0.25, -0.2) is 0 Å². The van der Waals surface area contributed by atoms with Crippen molar-refractivity contribution in [1.29, 1.82) is 0 Å². The molecule has 4 unspecified atom stereocenters. The topological polar surface area (TPSA) is 36.9 Å². The first kappa shape index (κ1) is 75.0. The van der Waals surface area contributed by atoms with Crippen LogP contribution in [-0.2, 0) is 20.8 Å². The Morgan fingerprint density at radius 3 is 0.682 bits per heavy atom. The second kappa shape index (κ2) is 32.6. The fourth-order valence-electron chi connectivity index (χ4n) is 17.1. The maximum absolute atomic E-state index is 5.51. The number of fused-ring (bicyclic) bond motifs is 8. The molecule has 540 valence electrons. The summed E-state index contributed by atoms with van der Waals surface area (Å²) in [6, 6.07) is 63.4. The monoisotopic (exact) mass is 1550 g/mol. The molecule has 0 aliphatic heterocycles. The molecule has 0 heterocycles. The number of allylic oxidation sites excluding steroid dienone is 12. The van der Waals surface area contributed by atoms with Gasteiger partial charge in [-0.05, 0) is 161 Å². The third kappa shape index (κ3) is 14.9. The van der Waals surface area contributed by atoms with Gasteiger partial charge >= 0.3 is 37.9 Å². The van der Waals surface area contributed by atoms with Gasteiger partial charge in [0.1, 0.15) is 23.0 Å². The van der Waals surface area contributed by atoms with E-state index in [0.29, 0.717) is 23.7 Å². The predicted molar refractivity (Wildman–Crippen MR) is 460 cm³/mol. The molecule has 0 spiro atoms. The Morgan fingerprint density at radius 2 is 0.486 bits per heavy atom. The number of hydrogen-bond acceptors (Lipinski definition) is 4. The quantitative estimate of drug-likeness (QED) is 0.0714. The summed E-state index contributed by atoms with van der Waals surface area (Å²) in [7, 11) is 14.4. The van der Waals surface area contributed by atoms with E-state index in [9.17, 15) is 0 Å². The molecule has 0 saturated heterocycles. The molecule has 0 N–H and O–H groups in total. The van der Waals surface area contributed by atoms with Gasteiger partial charge in [-0.15, -0.1) is 91.6 Å². The van der Waals surface area contributed by atoms with Crippen molar-refractivity contribution in [3.63, 3.8) is 0 Å². The Balaban J connectivity index is 0.000000173. The number of halogens is 2. The van der Waals surface area contributed by atoms with Crippen molar-refractivity contribution in [3.8, 4) is 23.0 Å². The van der Waals surface area contributed by atoms with Gasteiger partial charge < -0.3 is 18.9 Å². The molecule has 12 aromatic carbocycles. The second-order valence-corrected chi connectivity index (χ2v) is 38.3. The van der Waals surface area contributed by atoms with Gasteiger partial charge in [-0.3, -0.25) is 0 Å². The van der Waals surface area contributed by atoms with E-state index in [2.05, 4.69) is 336 Å². The normalized spacial score (nSPS) is 16.2. The van der Waals surface area contributed by atoms with E-state index in [-0.39, 0.29) is 23.7 Å². The minimum absolute atomic E-state index is 0.181. The summed E-state index contributed by atoms with van der Waals surface area (Å²) < 4.78 is 22.0. The number of rotatable bonds is 16. The molecule has 16 rings (SSSR count). The number of ether oxygens (including phenoxy) is 4. The summed E-state index contributed by atoms with van der Waals surface area (Å²) in [5, 5.41) is 16.0. The second-order valence-electron chi connectivity index (χ2n) is 30.1. The van der Waals surface area contributed by atoms with Crippen LogP contribution in [0.5, 0.6) is 23.0 Å². The summed E-state index contributed by atoms with van der Waals surface area (Å²) in [6.45, 7) is 24.1. The van der Waals surface area contributed by atoms with Crippen LogP contribution in [0.3, 0.4) is 0 Å². The molecule has 0 fully saturated rings. The summed E-state index contributed by atoms with van der Waals surface area (Å²) in [6.07, 6.45) is 37.2. The zero-order valence-corrected chi connectivity index (χ0v) is 69.9. The van der Waals surface area contributed by atoms with Crippen LogP contribution < -0.4 is 39.7 Å². The van der Waals surface area contributed by atoms with Gasteiger partial charge in [0.05, 0.1) is 28.4 Å². The summed E-state index contributed by atoms with van der Waals surface area (Å²) in [5.74, 6) is 5.96. The van der Waals surface area contributed by atoms with Gasteiger partial charge in [0.25, 0.3) is 0 Å². The fraction of sp³-hybridized carbons (Fsp3) is 0.224. The minimum atomic E-state index is -1.20. The zero-order valence-electron chi connectivity index (χ0n) is 63.9. The molecular formula is C98H94Cl2O4Si2Zr-4. The van der Waals surface area contributed by atoms with Crippen LogP contribution in [0.25, 0.3) is 67.4 Å². The van der Waals surface area contributed by atoms with Crippen molar-refractivity contribution in [2.45, 2.75) is 116 Å². The standard InChI is InChI=1S/2C49H47O2Si.2ClH.Zr/c2*1-30(2)44-28-46-40(36-18-16-34-26-38(50-5)22-20-32(34)24-36)12-8-10-14-42(46)48(44)52(7)49-43-15-11-9-13-41(47(43)29-45(49)31(3)4)37-19-17-35-27-39(51-6)23-21-33(35)25-37;;;/h2*8-31,40-41H,1-7H3;2*1H;/q2*-2;;;+2/p-2. The van der Waals surface area contributed by atoms with Crippen LogP contribution in [0.4, 0.5) is 0 Å². The predicted octanol–water partition coefficient (Wildman–Crippen LogP) is 24.1. The molecule has 12 aromatic rings. The van der Waals surface area contributed by atoms with Crippen molar-refractivity contribution in [2.75, 3.05) is 28.4 Å². The van der Waals surface area contributed by atoms with E-state index in [4.69, 9.17) is 36.0 Å². The van der Waals surface area contributed by atoms with Crippen molar-refractivity contribution in [2.24, 2.45) is 0 Å². The molecular weight excluding hydrogens is 1460 g/mol. The van der Waals surface area contributed by atoms with Crippen LogP contribution in [-0.4, -0.2) is 46.0 Å². The van der Waals surface area contributed by atoms with Crippen molar-refractivity contribution >= 4 is 123 Å². The molecule has 4 nitrogen and oxygen atoms in total. The van der Waals surface area contributed by atoms with Gasteiger partial charge in [0.15, 0.2) is 0 Å². The average Bonchev–Trinajstić information content (AvgIpc) is 1.59. The molecule has 107 heavy (non-hydrogen) atoms. The van der Waals surface area contributed by atoms with Crippen LogP contribution in [0, 0.1) is 0 Å². The van der Waals surface area contributed by atoms with E-state index in [1.165, 1.54) is 132 Å². The van der Waals surface area contributed by atoms with Gasteiger partial charge in [-0.2, -0.15) is 68.8 Å². The first-order valence-electron chi connectivity index (χ1n) is 37.6. The van der Waals surface area contributed by atoms with Gasteiger partial charge in [-0.1, -0.05) is 214 Å². The van der Waals surface area contributed by atoms with Crippen LogP contribution in [0.15, 0.2) is 243 Å². The summed E-state index contributed by atoms with van der Waals surface area (Å²) in [4.78, 5) is 0. The van der Waals surface area contributed by atoms with E-state index in [1.807, 2.05) is 0 Å². The van der Waals surface area contributed by atoms with E-state index in [1.54, 1.807) is 49.2 Å². The zero-order chi connectivity index (χ0) is 74.9. The Bertz CT molecular complexity index is 4890. The number of benzene rings is 8. The number of hydrogen-bond donors (Lipinski definition) is 0. The SMILES string of the molecule is COc1ccc2cc(C3C=CC=Cc4c3cc(C(C)C)[c-]4[Si](C)[c-]3c(C(C)C)cc4c3C=CC=CC4c3ccc4cc(OC)ccc4c3)ccc2c1.COc1ccc2cc(C3C=CC=Cc4c3cc(C(C)C)[c-]4[Si](C)[c-]3c(C(C)C)cc4c3C=CC=CC4c3ccc4cc(OC)ccc4c3)ccc2c1.[Cl][Zr][Cl]. The molecule has 4 atom stereocenters. The van der Waals surface area contributed by atoms with Crippen molar-refractivity contribution in [3.05, 3.63) is 332 Å². The van der Waals surface area contributed by atoms with Crippen LogP contribution >= 0.6 is 17.0 Å². The molecule has 9 heteroatoms. The van der Waals surface area contributed by atoms with E-state index >= 15 is 0 Å². The van der Waals surface area contributed by atoms with Gasteiger partial charge in [0.2, 0.25) is 0 Å². The molecule has 0 bridgehead atoms. The summed E-state index contributed by atoms with van der Waals surface area (Å²) >= 11 is -0.826. The Hall–Kier alpha value is -8.78. The third-order valence-electron chi connectivity index (χ3n) is 22.5.